The number of benzene rings is 4. The number of rotatable bonds is 9. The lowest BCUT2D eigenvalue weighted by atomic mass is 9.84. The molecule has 2 aliphatic rings. The van der Waals surface area contributed by atoms with Crippen LogP contribution in [0.15, 0.2) is 123 Å². The normalized spacial score (nSPS) is 16.8. The van der Waals surface area contributed by atoms with Crippen molar-refractivity contribution in [2.75, 3.05) is 26.3 Å². The van der Waals surface area contributed by atoms with Gasteiger partial charge in [-0.2, -0.15) is 9.41 Å². The highest BCUT2D eigenvalue weighted by molar-refractivity contribution is 7.89. The zero-order valence-electron chi connectivity index (χ0n) is 26.6. The molecule has 0 unspecified atom stereocenters. The number of thiazole rings is 1. The molecule has 0 spiro atoms. The summed E-state index contributed by atoms with van der Waals surface area (Å²) >= 11 is 1.49. The van der Waals surface area contributed by atoms with Gasteiger partial charge in [0.15, 0.2) is 0 Å². The summed E-state index contributed by atoms with van der Waals surface area (Å²) in [6, 6.07) is 33.1. The van der Waals surface area contributed by atoms with Crippen LogP contribution < -0.4 is 9.54 Å². The van der Waals surface area contributed by atoms with Crippen molar-refractivity contribution in [1.82, 2.24) is 8.98 Å². The van der Waals surface area contributed by atoms with E-state index in [2.05, 4.69) is 29.6 Å². The third-order valence-electron chi connectivity index (χ3n) is 8.82. The molecular formula is C38H38N4O4S2. The van der Waals surface area contributed by atoms with Crippen LogP contribution >= 0.6 is 11.3 Å². The van der Waals surface area contributed by atoms with Gasteiger partial charge in [-0.1, -0.05) is 61.7 Å². The highest BCUT2D eigenvalue weighted by atomic mass is 32.2. The van der Waals surface area contributed by atoms with E-state index in [4.69, 9.17) is 19.6 Å². The maximum atomic E-state index is 13.1. The molecule has 7 rings (SSSR count). The second-order valence-electron chi connectivity index (χ2n) is 12.0. The van der Waals surface area contributed by atoms with Gasteiger partial charge in [0.25, 0.3) is 0 Å². The van der Waals surface area contributed by atoms with Crippen molar-refractivity contribution < 1.29 is 17.9 Å². The van der Waals surface area contributed by atoms with E-state index in [1.54, 1.807) is 24.3 Å². The van der Waals surface area contributed by atoms with E-state index < -0.39 is 10.0 Å². The minimum absolute atomic E-state index is 0.249. The molecule has 1 aromatic heterocycles. The molecule has 10 heteroatoms. The Kier molecular flexibility index (Phi) is 9.95. The Hall–Kier alpha value is -4.35. The van der Waals surface area contributed by atoms with E-state index in [1.807, 2.05) is 65.5 Å². The molecule has 1 aliphatic heterocycles. The van der Waals surface area contributed by atoms with E-state index in [0.717, 1.165) is 28.3 Å². The molecule has 1 saturated heterocycles. The Balaban J connectivity index is 1.18. The van der Waals surface area contributed by atoms with Crippen LogP contribution in [0.1, 0.15) is 49.1 Å². The smallest absolute Gasteiger partial charge is 0.243 e. The third kappa shape index (κ3) is 7.52. The molecule has 1 aliphatic carbocycles. The first-order valence-corrected chi connectivity index (χ1v) is 18.8. The van der Waals surface area contributed by atoms with Crippen molar-refractivity contribution in [3.63, 3.8) is 0 Å². The Labute approximate surface area is 285 Å². The minimum Gasteiger partial charge on any atom is -0.457 e. The number of hydrogen-bond acceptors (Lipinski definition) is 7. The number of nitrogens with zero attached hydrogens (tertiary/aromatic N) is 4. The maximum absolute atomic E-state index is 13.1. The SMILES string of the molecule is O=S(=O)(c1ccc(N=c2scc(-c3ccc(C4CCCCC4)cc3)n2/N=C\c2ccc(Oc3ccccc3)cc2)cc1)N1CCOCC1. The molecule has 2 heterocycles. The topological polar surface area (TPSA) is 85.5 Å². The highest BCUT2D eigenvalue weighted by Gasteiger charge is 2.26. The van der Waals surface area contributed by atoms with Crippen LogP contribution in [-0.2, 0) is 14.8 Å². The van der Waals surface area contributed by atoms with E-state index in [0.29, 0.717) is 42.7 Å². The van der Waals surface area contributed by atoms with Crippen LogP contribution in [0.5, 0.6) is 11.5 Å². The molecule has 48 heavy (non-hydrogen) atoms. The van der Waals surface area contributed by atoms with E-state index in [-0.39, 0.29) is 4.90 Å². The lowest BCUT2D eigenvalue weighted by molar-refractivity contribution is 0.0730. The molecule has 0 N–H and O–H groups in total. The summed E-state index contributed by atoms with van der Waals surface area (Å²) in [7, 11) is -3.59. The quantitative estimate of drug-likeness (QED) is 0.147. The second kappa shape index (κ2) is 14.8. The van der Waals surface area contributed by atoms with Crippen LogP contribution in [0, 0.1) is 0 Å². The number of ether oxygens (including phenoxy) is 2. The van der Waals surface area contributed by atoms with Crippen molar-refractivity contribution in [2.24, 2.45) is 10.1 Å². The Morgan fingerprint density at radius 3 is 2.19 bits per heavy atom. The summed E-state index contributed by atoms with van der Waals surface area (Å²) in [5, 5.41) is 6.98. The predicted octanol–water partition coefficient (Wildman–Crippen LogP) is 8.19. The summed E-state index contributed by atoms with van der Waals surface area (Å²) in [4.78, 5) is 5.83. The summed E-state index contributed by atoms with van der Waals surface area (Å²) in [6.07, 6.45) is 8.27. The fourth-order valence-corrected chi connectivity index (χ4v) is 8.42. The van der Waals surface area contributed by atoms with Crippen molar-refractivity contribution in [3.05, 3.63) is 124 Å². The Bertz CT molecular complexity index is 2010. The van der Waals surface area contributed by atoms with Crippen molar-refractivity contribution in [2.45, 2.75) is 42.9 Å². The zero-order valence-corrected chi connectivity index (χ0v) is 28.3. The van der Waals surface area contributed by atoms with Gasteiger partial charge in [0.1, 0.15) is 11.5 Å². The van der Waals surface area contributed by atoms with Gasteiger partial charge in [-0.15, -0.1) is 11.3 Å². The first kappa shape index (κ1) is 32.2. The molecule has 8 nitrogen and oxygen atoms in total. The lowest BCUT2D eigenvalue weighted by Gasteiger charge is -2.26. The summed E-state index contributed by atoms with van der Waals surface area (Å²) < 4.78 is 40.9. The zero-order chi connectivity index (χ0) is 32.8. The second-order valence-corrected chi connectivity index (χ2v) is 14.8. The van der Waals surface area contributed by atoms with E-state index in [1.165, 1.54) is 53.3 Å². The van der Waals surface area contributed by atoms with Gasteiger partial charge in [0.2, 0.25) is 14.8 Å². The van der Waals surface area contributed by atoms with Crippen LogP contribution in [0.25, 0.3) is 11.3 Å². The molecule has 1 saturated carbocycles. The standard InChI is InChI=1S/C38H38N4O4S2/c43-48(44,41-23-25-45-26-24-41)36-21-17-33(18-22-36)40-38-42(39-27-29-11-19-35(20-12-29)46-34-9-5-2-6-10-34)37(28-47-38)32-15-13-31(14-16-32)30-7-3-1-4-8-30/h2,5-6,9-22,27-28,30H,1,3-4,7-8,23-26H2/b39-27-,40-38?. The van der Waals surface area contributed by atoms with Gasteiger partial charge >= 0.3 is 0 Å². The molecular weight excluding hydrogens is 641 g/mol. The van der Waals surface area contributed by atoms with Gasteiger partial charge in [-0.05, 0) is 90.6 Å². The van der Waals surface area contributed by atoms with E-state index >= 15 is 0 Å². The molecule has 5 aromatic rings. The largest absolute Gasteiger partial charge is 0.457 e. The van der Waals surface area contributed by atoms with Crippen LogP contribution in [-0.4, -0.2) is 49.9 Å². The van der Waals surface area contributed by atoms with Crippen LogP contribution in [0.4, 0.5) is 5.69 Å². The van der Waals surface area contributed by atoms with Gasteiger partial charge < -0.3 is 9.47 Å². The molecule has 4 aromatic carbocycles. The molecule has 0 radical (unpaired) electrons. The van der Waals surface area contributed by atoms with Gasteiger partial charge in [0, 0.05) is 24.0 Å². The van der Waals surface area contributed by atoms with Gasteiger partial charge in [-0.3, -0.25) is 0 Å². The number of para-hydroxylation sites is 1. The molecule has 246 valence electrons. The van der Waals surface area contributed by atoms with Gasteiger partial charge in [-0.25, -0.2) is 18.1 Å². The van der Waals surface area contributed by atoms with Crippen molar-refractivity contribution in [1.29, 1.82) is 0 Å². The Morgan fingerprint density at radius 2 is 1.48 bits per heavy atom. The minimum atomic E-state index is -3.59. The first-order valence-electron chi connectivity index (χ1n) is 16.4. The fraction of sp³-hybridized carbons (Fsp3) is 0.263. The van der Waals surface area contributed by atoms with Crippen LogP contribution in [0.3, 0.4) is 0 Å². The fourth-order valence-electron chi connectivity index (χ4n) is 6.16. The Morgan fingerprint density at radius 1 is 0.792 bits per heavy atom. The maximum Gasteiger partial charge on any atom is 0.243 e. The first-order chi connectivity index (χ1) is 23.5. The molecule has 0 amide bonds. The van der Waals surface area contributed by atoms with Crippen LogP contribution in [0.2, 0.25) is 0 Å². The van der Waals surface area contributed by atoms with E-state index in [9.17, 15) is 8.42 Å². The molecule has 2 fully saturated rings. The summed E-state index contributed by atoms with van der Waals surface area (Å²) in [5.41, 5.74) is 4.95. The lowest BCUT2D eigenvalue weighted by Crippen LogP contribution is -2.40. The number of morpholine rings is 1. The number of aromatic nitrogens is 1. The average molecular weight is 679 g/mol. The average Bonchev–Trinajstić information content (AvgIpc) is 3.54. The summed E-state index contributed by atoms with van der Waals surface area (Å²) in [6.45, 7) is 1.52. The predicted molar refractivity (Wildman–Crippen MR) is 191 cm³/mol. The monoisotopic (exact) mass is 678 g/mol. The highest BCUT2D eigenvalue weighted by Crippen LogP contribution is 2.34. The van der Waals surface area contributed by atoms with Gasteiger partial charge in [0.05, 0.1) is 35.7 Å². The molecule has 0 bridgehead atoms. The number of sulfonamides is 1. The third-order valence-corrected chi connectivity index (χ3v) is 11.5. The van der Waals surface area contributed by atoms with Crippen molar-refractivity contribution >= 4 is 33.3 Å². The number of hydrogen-bond donors (Lipinski definition) is 0. The summed E-state index contributed by atoms with van der Waals surface area (Å²) in [5.74, 6) is 2.16. The van der Waals surface area contributed by atoms with Crippen molar-refractivity contribution in [3.8, 4) is 22.8 Å². The molecule has 0 atom stereocenters.